The second kappa shape index (κ2) is 6.28. The van der Waals surface area contributed by atoms with E-state index in [4.69, 9.17) is 23.7 Å². The van der Waals surface area contributed by atoms with Gasteiger partial charge in [0.1, 0.15) is 0 Å². The molecule has 0 radical (unpaired) electrons. The number of hydrogen-bond acceptors (Lipinski definition) is 5. The van der Waals surface area contributed by atoms with E-state index in [1.54, 1.807) is 6.08 Å². The van der Waals surface area contributed by atoms with Gasteiger partial charge in [0, 0.05) is 0 Å². The molecule has 0 saturated carbocycles. The summed E-state index contributed by atoms with van der Waals surface area (Å²) in [6.45, 7) is 0.134. The fourth-order valence-electron chi connectivity index (χ4n) is 0.363. The summed E-state index contributed by atoms with van der Waals surface area (Å²) in [6, 6.07) is 0. The van der Waals surface area contributed by atoms with Crippen molar-refractivity contribution in [2.24, 2.45) is 0 Å². The standard InChI is InChI=1S/C6H14NO.ClHO4/c1-7(2,3)5-4-6-8;2-1(3,4)5/h4-5,8H,6H2,1-3H3;(H,2,3,4,5)/q+1;/p-1. The van der Waals surface area contributed by atoms with E-state index in [0.717, 1.165) is 4.48 Å². The Morgan fingerprint density at radius 2 is 1.46 bits per heavy atom. The maximum atomic E-state index is 8.49. The van der Waals surface area contributed by atoms with Crippen LogP contribution in [0.4, 0.5) is 0 Å². The molecule has 0 aromatic carbocycles. The Balaban J connectivity index is 0. The van der Waals surface area contributed by atoms with Crippen LogP contribution < -0.4 is 18.6 Å². The quantitative estimate of drug-likeness (QED) is 0.466. The summed E-state index contributed by atoms with van der Waals surface area (Å²) in [5, 5.41) is 8.33. The van der Waals surface area contributed by atoms with Gasteiger partial charge in [0.15, 0.2) is 0 Å². The molecule has 7 heteroatoms. The molecular weight excluding hydrogens is 202 g/mol. The van der Waals surface area contributed by atoms with Crippen molar-refractivity contribution in [2.75, 3.05) is 27.7 Å². The Morgan fingerprint density at radius 1 is 1.15 bits per heavy atom. The molecule has 0 aliphatic carbocycles. The molecule has 0 spiro atoms. The topological polar surface area (TPSA) is 112 Å². The highest BCUT2D eigenvalue weighted by atomic mass is 35.7. The third kappa shape index (κ3) is 49.3. The first-order valence-corrected chi connectivity index (χ1v) is 4.51. The Labute approximate surface area is 79.3 Å². The average Bonchev–Trinajstić information content (AvgIpc) is 1.77. The third-order valence-corrected chi connectivity index (χ3v) is 0.658. The van der Waals surface area contributed by atoms with Gasteiger partial charge in [-0.25, -0.2) is 18.6 Å². The molecule has 1 N–H and O–H groups in total. The summed E-state index contributed by atoms with van der Waals surface area (Å²) in [4.78, 5) is 0. The van der Waals surface area contributed by atoms with Crippen LogP contribution in [-0.4, -0.2) is 37.3 Å². The van der Waals surface area contributed by atoms with Crippen LogP contribution in [0.1, 0.15) is 0 Å². The van der Waals surface area contributed by atoms with E-state index in [1.165, 1.54) is 0 Å². The number of rotatable bonds is 2. The molecule has 0 saturated heterocycles. The second-order valence-corrected chi connectivity index (χ2v) is 3.82. The first-order chi connectivity index (χ1) is 5.56. The lowest BCUT2D eigenvalue weighted by Crippen LogP contribution is -2.68. The van der Waals surface area contributed by atoms with E-state index in [1.807, 2.05) is 27.3 Å². The molecule has 0 aromatic rings. The van der Waals surface area contributed by atoms with Crippen LogP contribution in [0.15, 0.2) is 12.3 Å². The molecule has 0 rings (SSSR count). The molecule has 13 heavy (non-hydrogen) atoms. The first kappa shape index (κ1) is 15.3. The maximum absolute atomic E-state index is 8.49. The van der Waals surface area contributed by atoms with E-state index < -0.39 is 10.2 Å². The zero-order chi connectivity index (χ0) is 11.1. The van der Waals surface area contributed by atoms with Crippen molar-refractivity contribution in [2.45, 2.75) is 0 Å². The number of hydrogen-bond donors (Lipinski definition) is 1. The molecule has 0 aromatic heterocycles. The summed E-state index contributed by atoms with van der Waals surface area (Å²) in [5.74, 6) is 0. The molecule has 0 amide bonds. The molecule has 0 atom stereocenters. The Bertz CT molecular complexity index is 142. The Morgan fingerprint density at radius 3 is 1.54 bits per heavy atom. The minimum Gasteiger partial charge on any atom is -0.392 e. The lowest BCUT2D eigenvalue weighted by molar-refractivity contribution is -2.00. The van der Waals surface area contributed by atoms with Crippen molar-refractivity contribution in [1.82, 2.24) is 0 Å². The number of nitrogens with zero attached hydrogens (tertiary/aromatic N) is 1. The summed E-state index contributed by atoms with van der Waals surface area (Å²) < 4.78 is 34.7. The summed E-state index contributed by atoms with van der Waals surface area (Å²) in [7, 11) is 1.16. The number of quaternary nitrogens is 1. The minimum atomic E-state index is -4.94. The molecule has 80 valence electrons. The van der Waals surface area contributed by atoms with Crippen LogP contribution in [0.25, 0.3) is 0 Å². The minimum absolute atomic E-state index is 0.134. The van der Waals surface area contributed by atoms with Gasteiger partial charge in [0.25, 0.3) is 0 Å². The van der Waals surface area contributed by atoms with Gasteiger partial charge in [-0.2, -0.15) is 0 Å². The van der Waals surface area contributed by atoms with E-state index >= 15 is 0 Å². The van der Waals surface area contributed by atoms with E-state index in [-0.39, 0.29) is 6.61 Å². The van der Waals surface area contributed by atoms with Crippen LogP contribution in [0.3, 0.4) is 0 Å². The predicted octanol–water partition coefficient (Wildman–Crippen LogP) is -4.56. The fourth-order valence-corrected chi connectivity index (χ4v) is 0.363. The average molecular weight is 216 g/mol. The summed E-state index contributed by atoms with van der Waals surface area (Å²) in [5.41, 5.74) is 0. The van der Waals surface area contributed by atoms with Crippen LogP contribution in [0.2, 0.25) is 0 Å². The van der Waals surface area contributed by atoms with Crippen molar-refractivity contribution < 1.29 is 38.5 Å². The first-order valence-electron chi connectivity index (χ1n) is 3.27. The highest BCUT2D eigenvalue weighted by Gasteiger charge is 1.96. The van der Waals surface area contributed by atoms with Crippen LogP contribution in [0.5, 0.6) is 0 Å². The van der Waals surface area contributed by atoms with Crippen molar-refractivity contribution >= 4 is 0 Å². The molecular formula is C6H14ClNO5. The molecule has 0 heterocycles. The SMILES string of the molecule is C[N+](C)(C)C=CCO.[O-][Cl+3]([O-])([O-])[O-]. The van der Waals surface area contributed by atoms with E-state index in [0.29, 0.717) is 0 Å². The maximum Gasteiger partial charge on any atom is 0.0934 e. The molecule has 0 fully saturated rings. The molecule has 0 bridgehead atoms. The van der Waals surface area contributed by atoms with Gasteiger partial charge in [-0.05, 0) is 6.08 Å². The Kier molecular flexibility index (Phi) is 7.37. The zero-order valence-electron chi connectivity index (χ0n) is 7.77. The molecule has 0 aliphatic heterocycles. The third-order valence-electron chi connectivity index (χ3n) is 0.658. The molecule has 0 aliphatic rings. The van der Waals surface area contributed by atoms with E-state index in [2.05, 4.69) is 0 Å². The van der Waals surface area contributed by atoms with Crippen LogP contribution in [-0.2, 0) is 0 Å². The normalized spacial score (nSPS) is 12.6. The van der Waals surface area contributed by atoms with Crippen molar-refractivity contribution in [3.63, 3.8) is 0 Å². The van der Waals surface area contributed by atoms with Crippen molar-refractivity contribution in [3.8, 4) is 0 Å². The molecule has 0 unspecified atom stereocenters. The van der Waals surface area contributed by atoms with Crippen molar-refractivity contribution in [1.29, 1.82) is 0 Å². The monoisotopic (exact) mass is 215 g/mol. The van der Waals surface area contributed by atoms with Gasteiger partial charge in [-0.1, -0.05) is 0 Å². The van der Waals surface area contributed by atoms with Crippen LogP contribution >= 0.6 is 0 Å². The lowest BCUT2D eigenvalue weighted by Gasteiger charge is -2.17. The number of halogens is 1. The van der Waals surface area contributed by atoms with Gasteiger partial charge in [0.05, 0.1) is 33.9 Å². The second-order valence-electron chi connectivity index (χ2n) is 3.06. The highest BCUT2D eigenvalue weighted by Crippen LogP contribution is 1.89. The lowest BCUT2D eigenvalue weighted by atomic mass is 10.6. The van der Waals surface area contributed by atoms with Gasteiger partial charge in [-0.15, -0.1) is 10.2 Å². The highest BCUT2D eigenvalue weighted by molar-refractivity contribution is 4.70. The summed E-state index contributed by atoms with van der Waals surface area (Å²) >= 11 is 0. The van der Waals surface area contributed by atoms with Crippen molar-refractivity contribution in [3.05, 3.63) is 12.3 Å². The number of aliphatic hydroxyl groups excluding tert-OH is 1. The van der Waals surface area contributed by atoms with Gasteiger partial charge >= 0.3 is 0 Å². The van der Waals surface area contributed by atoms with Gasteiger partial charge in [-0.3, -0.25) is 0 Å². The van der Waals surface area contributed by atoms with E-state index in [9.17, 15) is 0 Å². The summed E-state index contributed by atoms with van der Waals surface area (Å²) in [6.07, 6.45) is 3.67. The largest absolute Gasteiger partial charge is 0.392 e. The molecule has 6 nitrogen and oxygen atoms in total. The Hall–Kier alpha value is -0.210. The van der Waals surface area contributed by atoms with Gasteiger partial charge < -0.3 is 9.59 Å². The fraction of sp³-hybridized carbons (Fsp3) is 0.667. The van der Waals surface area contributed by atoms with Gasteiger partial charge in [0.2, 0.25) is 0 Å². The zero-order valence-corrected chi connectivity index (χ0v) is 8.52. The van der Waals surface area contributed by atoms with Crippen LogP contribution in [0, 0.1) is 10.2 Å². The predicted molar refractivity (Wildman–Crippen MR) is 34.3 cm³/mol. The smallest absolute Gasteiger partial charge is 0.0934 e. The number of aliphatic hydroxyl groups is 1.